The van der Waals surface area contributed by atoms with Crippen LogP contribution in [0.2, 0.25) is 0 Å². The zero-order valence-corrected chi connectivity index (χ0v) is 15.7. The lowest BCUT2D eigenvalue weighted by Crippen LogP contribution is -2.47. The Labute approximate surface area is 167 Å². The summed E-state index contributed by atoms with van der Waals surface area (Å²) in [6.45, 7) is 3.11. The molecule has 0 aromatic carbocycles. The van der Waals surface area contributed by atoms with Gasteiger partial charge in [0, 0.05) is 56.4 Å². The number of pyridine rings is 2. The van der Waals surface area contributed by atoms with Crippen molar-refractivity contribution in [1.29, 1.82) is 0 Å². The number of rotatable bonds is 3. The highest BCUT2D eigenvalue weighted by atomic mass is 16.1. The summed E-state index contributed by atoms with van der Waals surface area (Å²) in [5.41, 5.74) is 2.35. The predicted octanol–water partition coefficient (Wildman–Crippen LogP) is 1.87. The van der Waals surface area contributed by atoms with Crippen LogP contribution in [0.15, 0.2) is 71.9 Å². The van der Waals surface area contributed by atoms with Gasteiger partial charge in [-0.1, -0.05) is 6.07 Å². The van der Waals surface area contributed by atoms with Crippen molar-refractivity contribution >= 4 is 17.3 Å². The van der Waals surface area contributed by atoms with Crippen molar-refractivity contribution in [2.24, 2.45) is 0 Å². The van der Waals surface area contributed by atoms with Gasteiger partial charge < -0.3 is 9.80 Å². The number of hydrogen-bond acceptors (Lipinski definition) is 7. The number of hydrogen-bond donors (Lipinski definition) is 0. The fraction of sp³-hybridized carbons (Fsp3) is 0.190. The van der Waals surface area contributed by atoms with Gasteiger partial charge in [-0.15, -0.1) is 10.2 Å². The van der Waals surface area contributed by atoms with Crippen LogP contribution in [-0.4, -0.2) is 50.7 Å². The Hall–Kier alpha value is -3.81. The third-order valence-corrected chi connectivity index (χ3v) is 5.09. The molecular weight excluding hydrogens is 366 g/mol. The van der Waals surface area contributed by atoms with E-state index in [1.54, 1.807) is 29.1 Å². The van der Waals surface area contributed by atoms with Gasteiger partial charge in [0.2, 0.25) is 0 Å². The summed E-state index contributed by atoms with van der Waals surface area (Å²) in [6, 6.07) is 15.0. The molecule has 0 amide bonds. The van der Waals surface area contributed by atoms with E-state index in [4.69, 9.17) is 0 Å². The molecule has 8 heteroatoms. The Morgan fingerprint density at radius 3 is 2.38 bits per heavy atom. The minimum Gasteiger partial charge on any atom is -0.353 e. The van der Waals surface area contributed by atoms with Crippen LogP contribution in [0.4, 0.5) is 11.6 Å². The third kappa shape index (κ3) is 3.40. The summed E-state index contributed by atoms with van der Waals surface area (Å²) < 4.78 is 1.55. The number of fused-ring (bicyclic) bond motifs is 1. The zero-order chi connectivity index (χ0) is 19.6. The molecule has 0 unspecified atom stereocenters. The first kappa shape index (κ1) is 17.3. The highest BCUT2D eigenvalue weighted by molar-refractivity contribution is 5.58. The molecule has 0 saturated carbocycles. The largest absolute Gasteiger partial charge is 0.353 e. The molecule has 0 bridgehead atoms. The van der Waals surface area contributed by atoms with Crippen LogP contribution in [0.5, 0.6) is 0 Å². The molecule has 0 aliphatic carbocycles. The number of aromatic nitrogens is 5. The number of piperazine rings is 1. The Morgan fingerprint density at radius 2 is 1.66 bits per heavy atom. The molecule has 4 aromatic rings. The van der Waals surface area contributed by atoms with E-state index < -0.39 is 0 Å². The topological polar surface area (TPSA) is 79.5 Å². The zero-order valence-electron chi connectivity index (χ0n) is 15.7. The SMILES string of the molecule is O=c1cc(N2CCN(c3ccc(-c4cccnc4)nn3)CC2)nc2ccccn12. The van der Waals surface area contributed by atoms with Crippen molar-refractivity contribution in [3.63, 3.8) is 0 Å². The molecule has 0 radical (unpaired) electrons. The van der Waals surface area contributed by atoms with E-state index in [2.05, 4.69) is 30.0 Å². The third-order valence-electron chi connectivity index (χ3n) is 5.09. The average molecular weight is 385 g/mol. The van der Waals surface area contributed by atoms with E-state index in [-0.39, 0.29) is 5.56 Å². The van der Waals surface area contributed by atoms with Crippen molar-refractivity contribution in [3.8, 4) is 11.3 Å². The van der Waals surface area contributed by atoms with E-state index in [9.17, 15) is 4.79 Å². The van der Waals surface area contributed by atoms with E-state index >= 15 is 0 Å². The van der Waals surface area contributed by atoms with Gasteiger partial charge in [0.1, 0.15) is 11.5 Å². The quantitative estimate of drug-likeness (QED) is 0.533. The Morgan fingerprint density at radius 1 is 0.828 bits per heavy atom. The van der Waals surface area contributed by atoms with Crippen molar-refractivity contribution < 1.29 is 0 Å². The summed E-state index contributed by atoms with van der Waals surface area (Å²) in [6.07, 6.45) is 5.26. The highest BCUT2D eigenvalue weighted by Crippen LogP contribution is 2.20. The van der Waals surface area contributed by atoms with Gasteiger partial charge in [0.05, 0.1) is 5.69 Å². The average Bonchev–Trinajstić information content (AvgIpc) is 2.80. The van der Waals surface area contributed by atoms with Crippen LogP contribution in [0.1, 0.15) is 0 Å². The van der Waals surface area contributed by atoms with Crippen LogP contribution >= 0.6 is 0 Å². The summed E-state index contributed by atoms with van der Waals surface area (Å²) in [7, 11) is 0. The van der Waals surface area contributed by atoms with E-state index in [1.807, 2.05) is 42.5 Å². The van der Waals surface area contributed by atoms with Crippen LogP contribution < -0.4 is 15.4 Å². The molecule has 1 aliphatic rings. The lowest BCUT2D eigenvalue weighted by molar-refractivity contribution is 0.638. The van der Waals surface area contributed by atoms with Gasteiger partial charge in [0.15, 0.2) is 5.82 Å². The molecule has 0 N–H and O–H groups in total. The molecule has 0 atom stereocenters. The molecule has 1 fully saturated rings. The summed E-state index contributed by atoms with van der Waals surface area (Å²) in [5, 5.41) is 8.74. The second-order valence-electron chi connectivity index (χ2n) is 6.87. The van der Waals surface area contributed by atoms with Crippen molar-refractivity contribution in [1.82, 2.24) is 24.6 Å². The first-order valence-electron chi connectivity index (χ1n) is 9.50. The molecule has 5 rings (SSSR count). The minimum absolute atomic E-state index is 0.0649. The molecule has 8 nitrogen and oxygen atoms in total. The molecule has 144 valence electrons. The smallest absolute Gasteiger partial charge is 0.259 e. The highest BCUT2D eigenvalue weighted by Gasteiger charge is 2.20. The molecule has 4 aromatic heterocycles. The van der Waals surface area contributed by atoms with Gasteiger partial charge in [0.25, 0.3) is 5.56 Å². The fourth-order valence-electron chi connectivity index (χ4n) is 3.53. The summed E-state index contributed by atoms with van der Waals surface area (Å²) in [5.74, 6) is 1.57. The van der Waals surface area contributed by atoms with Gasteiger partial charge in [-0.2, -0.15) is 0 Å². The maximum atomic E-state index is 12.3. The van der Waals surface area contributed by atoms with Gasteiger partial charge in [-0.3, -0.25) is 14.2 Å². The first-order chi connectivity index (χ1) is 14.3. The molecule has 0 spiro atoms. The summed E-state index contributed by atoms with van der Waals surface area (Å²) >= 11 is 0. The van der Waals surface area contributed by atoms with Gasteiger partial charge >= 0.3 is 0 Å². The van der Waals surface area contributed by atoms with Crippen molar-refractivity contribution in [3.05, 3.63) is 77.5 Å². The lowest BCUT2D eigenvalue weighted by atomic mass is 10.2. The molecule has 1 saturated heterocycles. The number of anilines is 2. The van der Waals surface area contributed by atoms with Crippen LogP contribution in [-0.2, 0) is 0 Å². The van der Waals surface area contributed by atoms with Gasteiger partial charge in [-0.05, 0) is 36.4 Å². The first-order valence-corrected chi connectivity index (χ1v) is 9.50. The predicted molar refractivity (Wildman–Crippen MR) is 111 cm³/mol. The normalized spacial score (nSPS) is 14.3. The molecule has 29 heavy (non-hydrogen) atoms. The second kappa shape index (κ2) is 7.31. The van der Waals surface area contributed by atoms with Crippen molar-refractivity contribution in [2.75, 3.05) is 36.0 Å². The molecular formula is C21H19N7O. The molecule has 5 heterocycles. The Balaban J connectivity index is 1.30. The van der Waals surface area contributed by atoms with Crippen LogP contribution in [0.3, 0.4) is 0 Å². The Bertz CT molecular complexity index is 1180. The van der Waals surface area contributed by atoms with Crippen molar-refractivity contribution in [2.45, 2.75) is 0 Å². The van der Waals surface area contributed by atoms with Crippen LogP contribution in [0.25, 0.3) is 16.9 Å². The summed E-state index contributed by atoms with van der Waals surface area (Å²) in [4.78, 5) is 25.4. The molecule has 1 aliphatic heterocycles. The number of nitrogens with zero attached hydrogens (tertiary/aromatic N) is 7. The fourth-order valence-corrected chi connectivity index (χ4v) is 3.53. The van der Waals surface area contributed by atoms with E-state index in [1.165, 1.54) is 0 Å². The van der Waals surface area contributed by atoms with E-state index in [0.717, 1.165) is 49.1 Å². The minimum atomic E-state index is -0.0649. The Kier molecular flexibility index (Phi) is 4.36. The lowest BCUT2D eigenvalue weighted by Gasteiger charge is -2.35. The second-order valence-corrected chi connectivity index (χ2v) is 6.87. The van der Waals surface area contributed by atoms with Crippen LogP contribution in [0, 0.1) is 0 Å². The monoisotopic (exact) mass is 385 g/mol. The van der Waals surface area contributed by atoms with E-state index in [0.29, 0.717) is 5.65 Å². The van der Waals surface area contributed by atoms with Gasteiger partial charge in [-0.25, -0.2) is 4.98 Å². The maximum absolute atomic E-state index is 12.3. The standard InChI is InChI=1S/C21H19N7O/c29-21-14-20(23-18-5-1-2-9-28(18)21)27-12-10-26(11-13-27)19-7-6-17(24-25-19)16-4-3-8-22-15-16/h1-9,14-15H,10-13H2. The maximum Gasteiger partial charge on any atom is 0.259 e.